The average molecular weight is 278 g/mol. The second kappa shape index (κ2) is 6.45. The lowest BCUT2D eigenvalue weighted by molar-refractivity contribution is 0.191. The molecule has 0 aliphatic carbocycles. The zero-order valence-corrected chi connectivity index (χ0v) is 11.4. The van der Waals surface area contributed by atoms with Crippen LogP contribution in [0.2, 0.25) is 5.02 Å². The van der Waals surface area contributed by atoms with Gasteiger partial charge in [0, 0.05) is 17.1 Å². The standard InChI is InChI=1S/C15H16ClNO2/c1-19-15-9-5-4-8-13(15)17-10-14(18)11-6-2-3-7-12(11)16/h2-9,14,17-18H,10H2,1H3. The van der Waals surface area contributed by atoms with Crippen LogP contribution in [0.1, 0.15) is 11.7 Å². The summed E-state index contributed by atoms with van der Waals surface area (Å²) in [5.74, 6) is 0.744. The monoisotopic (exact) mass is 277 g/mol. The van der Waals surface area contributed by atoms with Crippen molar-refractivity contribution in [2.45, 2.75) is 6.10 Å². The fourth-order valence-corrected chi connectivity index (χ4v) is 2.11. The van der Waals surface area contributed by atoms with Crippen LogP contribution >= 0.6 is 11.6 Å². The molecule has 4 heteroatoms. The summed E-state index contributed by atoms with van der Waals surface area (Å²) in [7, 11) is 1.62. The maximum Gasteiger partial charge on any atom is 0.141 e. The number of para-hydroxylation sites is 2. The summed E-state index contributed by atoms with van der Waals surface area (Å²) in [6.45, 7) is 0.365. The van der Waals surface area contributed by atoms with Crippen LogP contribution in [0.4, 0.5) is 5.69 Å². The summed E-state index contributed by atoms with van der Waals surface area (Å²) in [4.78, 5) is 0. The number of hydrogen-bond acceptors (Lipinski definition) is 3. The fraction of sp³-hybridized carbons (Fsp3) is 0.200. The smallest absolute Gasteiger partial charge is 0.141 e. The molecule has 0 saturated carbocycles. The average Bonchev–Trinajstić information content (AvgIpc) is 2.45. The first kappa shape index (κ1) is 13.7. The molecule has 0 aliphatic rings. The topological polar surface area (TPSA) is 41.5 Å². The highest BCUT2D eigenvalue weighted by atomic mass is 35.5. The lowest BCUT2D eigenvalue weighted by Crippen LogP contribution is -2.13. The molecule has 0 amide bonds. The predicted molar refractivity (Wildman–Crippen MR) is 77.9 cm³/mol. The maximum absolute atomic E-state index is 10.1. The highest BCUT2D eigenvalue weighted by Gasteiger charge is 2.11. The van der Waals surface area contributed by atoms with E-state index in [1.807, 2.05) is 42.5 Å². The molecule has 0 aromatic heterocycles. The summed E-state index contributed by atoms with van der Waals surface area (Å²) in [5, 5.41) is 13.9. The van der Waals surface area contributed by atoms with Gasteiger partial charge in [0.15, 0.2) is 0 Å². The van der Waals surface area contributed by atoms with Gasteiger partial charge in [0.2, 0.25) is 0 Å². The minimum Gasteiger partial charge on any atom is -0.495 e. The fourth-order valence-electron chi connectivity index (χ4n) is 1.85. The van der Waals surface area contributed by atoms with E-state index in [1.165, 1.54) is 0 Å². The number of anilines is 1. The molecule has 1 atom stereocenters. The molecule has 2 rings (SSSR count). The molecular weight excluding hydrogens is 262 g/mol. The minimum absolute atomic E-state index is 0.365. The van der Waals surface area contributed by atoms with E-state index in [-0.39, 0.29) is 0 Å². The van der Waals surface area contributed by atoms with Crippen molar-refractivity contribution in [3.8, 4) is 5.75 Å². The van der Waals surface area contributed by atoms with Gasteiger partial charge in [-0.1, -0.05) is 41.9 Å². The number of ether oxygens (including phenoxy) is 1. The van der Waals surface area contributed by atoms with Crippen LogP contribution in [0.15, 0.2) is 48.5 Å². The third kappa shape index (κ3) is 3.40. The van der Waals surface area contributed by atoms with Crippen molar-refractivity contribution in [2.75, 3.05) is 19.0 Å². The normalized spacial score (nSPS) is 11.9. The largest absolute Gasteiger partial charge is 0.495 e. The summed E-state index contributed by atoms with van der Waals surface area (Å²) in [5.41, 5.74) is 1.56. The first-order chi connectivity index (χ1) is 9.22. The SMILES string of the molecule is COc1ccccc1NCC(O)c1ccccc1Cl. The number of rotatable bonds is 5. The van der Waals surface area contributed by atoms with Gasteiger partial charge in [0.25, 0.3) is 0 Å². The van der Waals surface area contributed by atoms with Crippen molar-refractivity contribution < 1.29 is 9.84 Å². The van der Waals surface area contributed by atoms with E-state index in [2.05, 4.69) is 5.32 Å². The molecule has 0 saturated heterocycles. The van der Waals surface area contributed by atoms with Gasteiger partial charge in [-0.3, -0.25) is 0 Å². The van der Waals surface area contributed by atoms with Crippen LogP contribution in [-0.2, 0) is 0 Å². The molecule has 0 aliphatic heterocycles. The Kier molecular flexibility index (Phi) is 4.66. The number of nitrogens with one attached hydrogen (secondary N) is 1. The highest BCUT2D eigenvalue weighted by Crippen LogP contribution is 2.26. The number of aliphatic hydroxyl groups excluding tert-OH is 1. The lowest BCUT2D eigenvalue weighted by atomic mass is 10.1. The number of hydrogen-bond donors (Lipinski definition) is 2. The van der Waals surface area contributed by atoms with Gasteiger partial charge in [-0.15, -0.1) is 0 Å². The predicted octanol–water partition coefficient (Wildman–Crippen LogP) is 3.49. The molecule has 3 nitrogen and oxygen atoms in total. The van der Waals surface area contributed by atoms with E-state index in [0.717, 1.165) is 11.4 Å². The summed E-state index contributed by atoms with van der Waals surface area (Å²) in [6.07, 6.45) is -0.668. The highest BCUT2D eigenvalue weighted by molar-refractivity contribution is 6.31. The number of benzene rings is 2. The van der Waals surface area contributed by atoms with Crippen molar-refractivity contribution in [3.05, 3.63) is 59.1 Å². The zero-order valence-electron chi connectivity index (χ0n) is 10.6. The molecule has 2 N–H and O–H groups in total. The summed E-state index contributed by atoms with van der Waals surface area (Å²) < 4.78 is 5.24. The van der Waals surface area contributed by atoms with Gasteiger partial charge in [-0.2, -0.15) is 0 Å². The Hall–Kier alpha value is -1.71. The lowest BCUT2D eigenvalue weighted by Gasteiger charge is -2.16. The first-order valence-electron chi connectivity index (χ1n) is 6.01. The Balaban J connectivity index is 2.04. The van der Waals surface area contributed by atoms with Crippen LogP contribution in [-0.4, -0.2) is 18.8 Å². The van der Waals surface area contributed by atoms with Crippen LogP contribution in [0.3, 0.4) is 0 Å². The summed E-state index contributed by atoms with van der Waals surface area (Å²) >= 11 is 6.05. The molecule has 0 heterocycles. The van der Waals surface area contributed by atoms with Crippen LogP contribution in [0.5, 0.6) is 5.75 Å². The Morgan fingerprint density at radius 1 is 1.16 bits per heavy atom. The first-order valence-corrected chi connectivity index (χ1v) is 6.39. The van der Waals surface area contributed by atoms with Crippen LogP contribution < -0.4 is 10.1 Å². The maximum atomic E-state index is 10.1. The molecular formula is C15H16ClNO2. The molecule has 19 heavy (non-hydrogen) atoms. The van der Waals surface area contributed by atoms with Crippen molar-refractivity contribution in [1.29, 1.82) is 0 Å². The summed E-state index contributed by atoms with van der Waals surface area (Å²) in [6, 6.07) is 14.9. The Morgan fingerprint density at radius 3 is 2.58 bits per heavy atom. The van der Waals surface area contributed by atoms with E-state index >= 15 is 0 Å². The van der Waals surface area contributed by atoms with Crippen molar-refractivity contribution in [1.82, 2.24) is 0 Å². The quantitative estimate of drug-likeness (QED) is 0.879. The van der Waals surface area contributed by atoms with Gasteiger partial charge in [-0.05, 0) is 18.2 Å². The molecule has 0 spiro atoms. The van der Waals surface area contributed by atoms with E-state index in [9.17, 15) is 5.11 Å². The molecule has 0 bridgehead atoms. The Bertz CT molecular complexity index is 545. The molecule has 2 aromatic carbocycles. The van der Waals surface area contributed by atoms with E-state index in [4.69, 9.17) is 16.3 Å². The second-order valence-corrected chi connectivity index (χ2v) is 4.53. The Morgan fingerprint density at radius 2 is 1.84 bits per heavy atom. The van der Waals surface area contributed by atoms with Crippen LogP contribution in [0, 0.1) is 0 Å². The van der Waals surface area contributed by atoms with E-state index in [0.29, 0.717) is 17.1 Å². The van der Waals surface area contributed by atoms with Gasteiger partial charge in [0.05, 0.1) is 18.9 Å². The van der Waals surface area contributed by atoms with E-state index < -0.39 is 6.10 Å². The Labute approximate surface area is 117 Å². The minimum atomic E-state index is -0.668. The van der Waals surface area contributed by atoms with Gasteiger partial charge >= 0.3 is 0 Å². The van der Waals surface area contributed by atoms with Gasteiger partial charge in [0.1, 0.15) is 5.75 Å². The molecule has 2 aromatic rings. The third-order valence-electron chi connectivity index (χ3n) is 2.86. The van der Waals surface area contributed by atoms with Crippen LogP contribution in [0.25, 0.3) is 0 Å². The van der Waals surface area contributed by atoms with Crippen molar-refractivity contribution >= 4 is 17.3 Å². The number of halogens is 1. The molecule has 100 valence electrons. The molecule has 1 unspecified atom stereocenters. The van der Waals surface area contributed by atoms with Crippen molar-refractivity contribution in [3.63, 3.8) is 0 Å². The van der Waals surface area contributed by atoms with Gasteiger partial charge < -0.3 is 15.2 Å². The second-order valence-electron chi connectivity index (χ2n) is 4.12. The third-order valence-corrected chi connectivity index (χ3v) is 3.20. The molecule has 0 fully saturated rings. The number of aliphatic hydroxyl groups is 1. The van der Waals surface area contributed by atoms with Crippen molar-refractivity contribution in [2.24, 2.45) is 0 Å². The van der Waals surface area contributed by atoms with Gasteiger partial charge in [-0.25, -0.2) is 0 Å². The molecule has 0 radical (unpaired) electrons. The van der Waals surface area contributed by atoms with E-state index in [1.54, 1.807) is 13.2 Å². The zero-order chi connectivity index (χ0) is 13.7. The number of methoxy groups -OCH3 is 1.